The zero-order valence-corrected chi connectivity index (χ0v) is 14.4. The summed E-state index contributed by atoms with van der Waals surface area (Å²) >= 11 is 0. The summed E-state index contributed by atoms with van der Waals surface area (Å²) in [5.74, 6) is 1.78. The van der Waals surface area contributed by atoms with E-state index in [4.69, 9.17) is 4.52 Å². The Morgan fingerprint density at radius 3 is 2.79 bits per heavy atom. The van der Waals surface area contributed by atoms with Crippen LogP contribution >= 0.6 is 0 Å². The molecule has 5 nitrogen and oxygen atoms in total. The number of aryl methyl sites for hydroxylation is 1. The Morgan fingerprint density at radius 1 is 1.29 bits per heavy atom. The molecule has 3 aliphatic rings. The molecule has 2 bridgehead atoms. The Morgan fingerprint density at radius 2 is 2.17 bits per heavy atom. The third kappa shape index (κ3) is 3.37. The fourth-order valence-electron chi connectivity index (χ4n) is 4.16. The maximum Gasteiger partial charge on any atom is 0.150 e. The average Bonchev–Trinajstić information content (AvgIpc) is 3.11. The Labute approximate surface area is 143 Å². The zero-order valence-electron chi connectivity index (χ0n) is 14.4. The molecule has 5 heterocycles. The van der Waals surface area contributed by atoms with E-state index in [1.807, 2.05) is 18.5 Å². The third-order valence-electron chi connectivity index (χ3n) is 5.53. The van der Waals surface area contributed by atoms with Gasteiger partial charge < -0.3 is 9.42 Å². The van der Waals surface area contributed by atoms with E-state index in [2.05, 4.69) is 39.0 Å². The van der Waals surface area contributed by atoms with Crippen LogP contribution in [0.2, 0.25) is 0 Å². The maximum atomic E-state index is 5.57. The van der Waals surface area contributed by atoms with Crippen LogP contribution < -0.4 is 0 Å². The molecule has 128 valence electrons. The maximum absolute atomic E-state index is 5.57. The van der Waals surface area contributed by atoms with Crippen LogP contribution in [0.25, 0.3) is 0 Å². The van der Waals surface area contributed by atoms with Gasteiger partial charge in [-0.25, -0.2) is 0 Å². The number of fused-ring (bicyclic) bond motifs is 3. The van der Waals surface area contributed by atoms with Crippen LogP contribution in [0.15, 0.2) is 35.1 Å². The average molecular weight is 326 g/mol. The van der Waals surface area contributed by atoms with Crippen LogP contribution in [-0.2, 0) is 19.5 Å². The number of hydrogen-bond donors (Lipinski definition) is 0. The van der Waals surface area contributed by atoms with Crippen molar-refractivity contribution in [2.24, 2.45) is 5.92 Å². The minimum atomic E-state index is 0.600. The summed E-state index contributed by atoms with van der Waals surface area (Å²) < 4.78 is 5.57. The normalized spacial score (nSPS) is 26.2. The van der Waals surface area contributed by atoms with Gasteiger partial charge in [-0.2, -0.15) is 0 Å². The van der Waals surface area contributed by atoms with Crippen molar-refractivity contribution in [1.29, 1.82) is 0 Å². The van der Waals surface area contributed by atoms with Crippen molar-refractivity contribution in [3.63, 3.8) is 0 Å². The highest BCUT2D eigenvalue weighted by atomic mass is 16.5. The van der Waals surface area contributed by atoms with Crippen LogP contribution in [0.4, 0.5) is 0 Å². The van der Waals surface area contributed by atoms with E-state index < -0.39 is 0 Å². The molecule has 3 saturated heterocycles. The molecule has 24 heavy (non-hydrogen) atoms. The topological polar surface area (TPSA) is 45.4 Å². The largest absolute Gasteiger partial charge is 0.360 e. The fourth-order valence-corrected chi connectivity index (χ4v) is 4.16. The van der Waals surface area contributed by atoms with Gasteiger partial charge in [0, 0.05) is 37.6 Å². The van der Waals surface area contributed by atoms with Gasteiger partial charge in [0.15, 0.2) is 5.76 Å². The van der Waals surface area contributed by atoms with Gasteiger partial charge in [0.05, 0.1) is 12.2 Å². The van der Waals surface area contributed by atoms with Gasteiger partial charge in [0.2, 0.25) is 0 Å². The molecule has 3 fully saturated rings. The SMILES string of the molecule is CCc1cc(CN(Cc2cccnc2)C2CN3CCC2CC3)on1. The van der Waals surface area contributed by atoms with Gasteiger partial charge in [-0.3, -0.25) is 9.88 Å². The molecule has 1 atom stereocenters. The number of rotatable bonds is 6. The fraction of sp³-hybridized carbons (Fsp3) is 0.579. The van der Waals surface area contributed by atoms with Crippen molar-refractivity contribution in [3.8, 4) is 0 Å². The molecule has 2 aromatic heterocycles. The van der Waals surface area contributed by atoms with Crippen molar-refractivity contribution in [1.82, 2.24) is 19.9 Å². The predicted molar refractivity (Wildman–Crippen MR) is 92.3 cm³/mol. The second kappa shape index (κ2) is 7.03. The molecule has 0 amide bonds. The molecule has 0 aliphatic carbocycles. The number of piperidine rings is 3. The van der Waals surface area contributed by atoms with Gasteiger partial charge in [0.1, 0.15) is 0 Å². The summed E-state index contributed by atoms with van der Waals surface area (Å²) in [6.07, 6.45) is 7.39. The molecule has 0 saturated carbocycles. The van der Waals surface area contributed by atoms with E-state index in [1.165, 1.54) is 38.0 Å². The highest BCUT2D eigenvalue weighted by molar-refractivity contribution is 5.11. The quantitative estimate of drug-likeness (QED) is 0.817. The first kappa shape index (κ1) is 15.8. The molecular formula is C19H26N4O. The molecule has 0 aromatic carbocycles. The highest BCUT2D eigenvalue weighted by Crippen LogP contribution is 2.32. The summed E-state index contributed by atoms with van der Waals surface area (Å²) in [7, 11) is 0. The van der Waals surface area contributed by atoms with Crippen LogP contribution in [0.3, 0.4) is 0 Å². The first-order valence-corrected chi connectivity index (χ1v) is 9.11. The van der Waals surface area contributed by atoms with Crippen LogP contribution in [-0.4, -0.2) is 45.6 Å². The lowest BCUT2D eigenvalue weighted by atomic mass is 9.83. The number of hydrogen-bond acceptors (Lipinski definition) is 5. The second-order valence-electron chi connectivity index (χ2n) is 7.11. The molecule has 0 spiro atoms. The molecule has 2 aromatic rings. The highest BCUT2D eigenvalue weighted by Gasteiger charge is 2.37. The van der Waals surface area contributed by atoms with Crippen molar-refractivity contribution in [2.75, 3.05) is 19.6 Å². The Kier molecular flexibility index (Phi) is 4.63. The lowest BCUT2D eigenvalue weighted by molar-refractivity contribution is -0.00591. The van der Waals surface area contributed by atoms with Crippen LogP contribution in [0.5, 0.6) is 0 Å². The van der Waals surface area contributed by atoms with Crippen molar-refractivity contribution in [2.45, 2.75) is 45.3 Å². The van der Waals surface area contributed by atoms with Crippen LogP contribution in [0, 0.1) is 5.92 Å². The molecule has 3 aliphatic heterocycles. The number of pyridine rings is 1. The van der Waals surface area contributed by atoms with E-state index in [-0.39, 0.29) is 0 Å². The van der Waals surface area contributed by atoms with Gasteiger partial charge in [-0.1, -0.05) is 18.1 Å². The molecular weight excluding hydrogens is 300 g/mol. The minimum Gasteiger partial charge on any atom is -0.360 e. The lowest BCUT2D eigenvalue weighted by Crippen LogP contribution is -2.56. The van der Waals surface area contributed by atoms with E-state index in [0.717, 1.165) is 36.9 Å². The summed E-state index contributed by atoms with van der Waals surface area (Å²) in [5, 5.41) is 4.16. The lowest BCUT2D eigenvalue weighted by Gasteiger charge is -2.49. The van der Waals surface area contributed by atoms with Gasteiger partial charge in [-0.15, -0.1) is 0 Å². The van der Waals surface area contributed by atoms with Gasteiger partial charge >= 0.3 is 0 Å². The van der Waals surface area contributed by atoms with Crippen molar-refractivity contribution < 1.29 is 4.52 Å². The number of aromatic nitrogens is 2. The smallest absolute Gasteiger partial charge is 0.150 e. The molecule has 5 heteroatoms. The van der Waals surface area contributed by atoms with Gasteiger partial charge in [0.25, 0.3) is 0 Å². The Hall–Kier alpha value is -1.72. The monoisotopic (exact) mass is 326 g/mol. The van der Waals surface area contributed by atoms with E-state index in [1.54, 1.807) is 0 Å². The summed E-state index contributed by atoms with van der Waals surface area (Å²) in [6, 6.07) is 6.90. The molecule has 0 radical (unpaired) electrons. The minimum absolute atomic E-state index is 0.600. The first-order valence-electron chi connectivity index (χ1n) is 9.11. The Balaban J connectivity index is 1.54. The molecule has 5 rings (SSSR count). The summed E-state index contributed by atoms with van der Waals surface area (Å²) in [5.41, 5.74) is 2.31. The van der Waals surface area contributed by atoms with Crippen LogP contribution in [0.1, 0.15) is 36.8 Å². The molecule has 1 unspecified atom stereocenters. The zero-order chi connectivity index (χ0) is 16.4. The van der Waals surface area contributed by atoms with Crippen molar-refractivity contribution >= 4 is 0 Å². The van der Waals surface area contributed by atoms with Crippen molar-refractivity contribution in [3.05, 3.63) is 47.6 Å². The molecule has 0 N–H and O–H groups in total. The van der Waals surface area contributed by atoms with E-state index in [0.29, 0.717) is 6.04 Å². The van der Waals surface area contributed by atoms with E-state index in [9.17, 15) is 0 Å². The predicted octanol–water partition coefficient (Wildman–Crippen LogP) is 2.73. The first-order chi connectivity index (χ1) is 11.8. The van der Waals surface area contributed by atoms with Gasteiger partial charge in [-0.05, 0) is 49.9 Å². The van der Waals surface area contributed by atoms with E-state index >= 15 is 0 Å². The third-order valence-corrected chi connectivity index (χ3v) is 5.53. The Bertz CT molecular complexity index is 648. The summed E-state index contributed by atoms with van der Waals surface area (Å²) in [4.78, 5) is 9.47. The summed E-state index contributed by atoms with van der Waals surface area (Å²) in [6.45, 7) is 7.58. The second-order valence-corrected chi connectivity index (χ2v) is 7.11. The standard InChI is InChI=1S/C19H26N4O/c1-2-17-10-18(24-21-17)13-23(12-15-4-3-7-20-11-15)19-14-22-8-5-16(19)6-9-22/h3-4,7,10-11,16,19H,2,5-6,8-9,12-14H2,1H3. The number of nitrogens with zero attached hydrogens (tertiary/aromatic N) is 4.